The quantitative estimate of drug-likeness (QED) is 0.0695. The summed E-state index contributed by atoms with van der Waals surface area (Å²) in [4.78, 5) is 92.6. The fraction of sp³-hybridized carbons (Fsp3) is 0.743. The zero-order valence-electron chi connectivity index (χ0n) is 30.4. The fourth-order valence-electron chi connectivity index (χ4n) is 8.98. The van der Waals surface area contributed by atoms with Crippen molar-refractivity contribution in [3.05, 3.63) is 44.0 Å². The lowest BCUT2D eigenvalue weighted by molar-refractivity contribution is -0.757. The van der Waals surface area contributed by atoms with Crippen molar-refractivity contribution in [1.82, 2.24) is 5.32 Å². The molecule has 0 bridgehead atoms. The zero-order chi connectivity index (χ0) is 39.7. The Morgan fingerprint density at radius 1 is 0.963 bits per heavy atom. The Hall–Kier alpha value is -4.65. The summed E-state index contributed by atoms with van der Waals surface area (Å²) in [6.07, 6.45) is 6.17. The van der Waals surface area contributed by atoms with Gasteiger partial charge in [-0.05, 0) is 81.8 Å². The van der Waals surface area contributed by atoms with Crippen LogP contribution in [0, 0.1) is 48.8 Å². The van der Waals surface area contributed by atoms with Gasteiger partial charge in [-0.1, -0.05) is 31.9 Å². The molecule has 1 unspecified atom stereocenters. The number of esters is 1. The molecule has 0 spiro atoms. The number of carbonyl (C=O) groups excluding carboxylic acids is 5. The molecule has 0 aromatic heterocycles. The lowest BCUT2D eigenvalue weighted by atomic mass is 9.46. The van der Waals surface area contributed by atoms with E-state index in [-0.39, 0.29) is 75.5 Å². The van der Waals surface area contributed by atoms with Gasteiger partial charge in [0.2, 0.25) is 11.7 Å². The Labute approximate surface area is 310 Å². The van der Waals surface area contributed by atoms with Crippen molar-refractivity contribution in [2.24, 2.45) is 28.6 Å². The Morgan fingerprint density at radius 2 is 1.63 bits per heavy atom. The highest BCUT2D eigenvalue weighted by atomic mass is 17.0. The molecule has 3 N–H and O–H groups in total. The van der Waals surface area contributed by atoms with Crippen molar-refractivity contribution in [3.63, 3.8) is 0 Å². The number of rotatable bonds is 20. The van der Waals surface area contributed by atoms with Crippen LogP contribution in [0.25, 0.3) is 0 Å². The van der Waals surface area contributed by atoms with Crippen LogP contribution in [0.1, 0.15) is 84.5 Å². The molecule has 0 radical (unpaired) electrons. The van der Waals surface area contributed by atoms with E-state index in [0.29, 0.717) is 38.5 Å². The fourth-order valence-corrected chi connectivity index (χ4v) is 8.98. The highest BCUT2D eigenvalue weighted by Gasteiger charge is 2.68. The van der Waals surface area contributed by atoms with Gasteiger partial charge >= 0.3 is 12.1 Å². The standard InChI is InChI=1S/C35H49N3O16/c1-33-13-11-23(39)18-22(33)9-10-24-25-12-14-35(45,34(25,2)19-27(40)30(24)33)28(41)21-52-32(44)51-20-26(31(43)50-15-6-7-17-54-38(48)49)36-29(42)8-4-3-5-16-53-37(46)47/h11,13,18,24-27,30,40,45H,3-10,12,14-17,19-21H2,1-2H3,(H,36,42)/t24-,25-,26?,27-,30+,33-,34-,35-/m0/s1. The number of amides is 1. The van der Waals surface area contributed by atoms with Crippen LogP contribution in [-0.2, 0) is 43.1 Å². The zero-order valence-corrected chi connectivity index (χ0v) is 30.4. The molecule has 4 rings (SSSR count). The van der Waals surface area contributed by atoms with Crippen molar-refractivity contribution in [2.45, 2.75) is 102 Å². The minimum absolute atomic E-state index is 0.0321. The van der Waals surface area contributed by atoms with Gasteiger partial charge in [-0.15, -0.1) is 20.2 Å². The van der Waals surface area contributed by atoms with Crippen LogP contribution < -0.4 is 5.32 Å². The van der Waals surface area contributed by atoms with Gasteiger partial charge in [0.1, 0.15) is 12.2 Å². The summed E-state index contributed by atoms with van der Waals surface area (Å²) >= 11 is 0. The van der Waals surface area contributed by atoms with Gasteiger partial charge in [0.05, 0.1) is 25.9 Å². The third-order valence-corrected chi connectivity index (χ3v) is 11.6. The predicted molar refractivity (Wildman–Crippen MR) is 182 cm³/mol. The van der Waals surface area contributed by atoms with E-state index in [4.69, 9.17) is 14.2 Å². The third kappa shape index (κ3) is 9.71. The van der Waals surface area contributed by atoms with Crippen LogP contribution in [-0.4, -0.2) is 101 Å². The number of allylic oxidation sites excluding steroid dienone is 4. The lowest BCUT2D eigenvalue weighted by Crippen LogP contribution is -2.61. The average molecular weight is 768 g/mol. The summed E-state index contributed by atoms with van der Waals surface area (Å²) in [5.74, 6) is -2.81. The monoisotopic (exact) mass is 767 g/mol. The first-order valence-corrected chi connectivity index (χ1v) is 18.2. The lowest BCUT2D eigenvalue weighted by Gasteiger charge is -2.59. The molecule has 300 valence electrons. The second-order valence-corrected chi connectivity index (χ2v) is 14.8. The second kappa shape index (κ2) is 18.1. The maximum Gasteiger partial charge on any atom is 0.508 e. The van der Waals surface area contributed by atoms with Crippen molar-refractivity contribution < 1.29 is 68.2 Å². The number of unbranched alkanes of at least 4 members (excludes halogenated alkanes) is 3. The predicted octanol–water partition coefficient (Wildman–Crippen LogP) is 2.50. The average Bonchev–Trinajstić information content (AvgIpc) is 3.38. The Bertz CT molecular complexity index is 1520. The summed E-state index contributed by atoms with van der Waals surface area (Å²) < 4.78 is 15.2. The number of hydrogen-bond acceptors (Lipinski definition) is 16. The van der Waals surface area contributed by atoms with E-state index in [2.05, 4.69) is 15.0 Å². The number of aliphatic hydroxyl groups is 2. The minimum Gasteiger partial charge on any atom is -0.464 e. The van der Waals surface area contributed by atoms with Crippen molar-refractivity contribution in [3.8, 4) is 0 Å². The van der Waals surface area contributed by atoms with E-state index in [1.54, 1.807) is 13.0 Å². The number of ketones is 2. The highest BCUT2D eigenvalue weighted by Crippen LogP contribution is 2.67. The van der Waals surface area contributed by atoms with Gasteiger partial charge in [0.15, 0.2) is 18.4 Å². The number of ether oxygens (including phenoxy) is 3. The van der Waals surface area contributed by atoms with E-state index in [0.717, 1.165) is 5.57 Å². The van der Waals surface area contributed by atoms with E-state index in [1.165, 1.54) is 6.08 Å². The van der Waals surface area contributed by atoms with Crippen LogP contribution in [0.3, 0.4) is 0 Å². The van der Waals surface area contributed by atoms with Crippen LogP contribution >= 0.6 is 0 Å². The summed E-state index contributed by atoms with van der Waals surface area (Å²) in [5, 5.41) is 44.5. The van der Waals surface area contributed by atoms with Crippen molar-refractivity contribution in [1.29, 1.82) is 0 Å². The number of fused-ring (bicyclic) bond motifs is 5. The van der Waals surface area contributed by atoms with Crippen LogP contribution in [0.5, 0.6) is 0 Å². The first kappa shape index (κ1) is 42.1. The number of hydrogen-bond donors (Lipinski definition) is 3. The largest absolute Gasteiger partial charge is 0.508 e. The van der Waals surface area contributed by atoms with Gasteiger partial charge in [0, 0.05) is 23.2 Å². The highest BCUT2D eigenvalue weighted by molar-refractivity contribution is 6.01. The van der Waals surface area contributed by atoms with E-state index in [1.807, 2.05) is 13.0 Å². The first-order chi connectivity index (χ1) is 25.5. The Morgan fingerprint density at radius 3 is 2.31 bits per heavy atom. The molecule has 3 saturated carbocycles. The molecule has 0 heterocycles. The number of nitrogens with zero attached hydrogens (tertiary/aromatic N) is 2. The number of carbonyl (C=O) groups is 5. The van der Waals surface area contributed by atoms with Gasteiger partial charge in [-0.3, -0.25) is 14.4 Å². The molecule has 8 atom stereocenters. The van der Waals surface area contributed by atoms with Gasteiger partial charge in [-0.2, -0.15) is 0 Å². The molecular weight excluding hydrogens is 718 g/mol. The maximum absolute atomic E-state index is 13.6. The number of Topliss-reactive ketones (excluding diaryl/α,β-unsaturated/α-hetero) is 1. The molecule has 0 saturated heterocycles. The maximum atomic E-state index is 13.6. The molecule has 0 aliphatic heterocycles. The SMILES string of the molecule is C[C@]12C=CC(=O)C=C1CC[C@@H]1[C@@H]2[C@@H](O)C[C@@]2(C)[C@H]1CC[C@]2(O)C(=O)COC(=O)OCC(NC(=O)CCCCCO[N+](=O)[O-])C(=O)OCCCCO[N+](=O)[O-]. The Balaban J connectivity index is 1.31. The van der Waals surface area contributed by atoms with Crippen LogP contribution in [0.15, 0.2) is 23.8 Å². The van der Waals surface area contributed by atoms with E-state index >= 15 is 0 Å². The number of aliphatic hydroxyl groups excluding tert-OH is 1. The molecule has 19 nitrogen and oxygen atoms in total. The van der Waals surface area contributed by atoms with Crippen molar-refractivity contribution in [2.75, 3.05) is 33.0 Å². The van der Waals surface area contributed by atoms with E-state index in [9.17, 15) is 54.4 Å². The molecule has 4 aliphatic rings. The Kier molecular flexibility index (Phi) is 14.1. The summed E-state index contributed by atoms with van der Waals surface area (Å²) in [7, 11) is 0. The van der Waals surface area contributed by atoms with Gasteiger partial charge in [-0.25, -0.2) is 9.59 Å². The summed E-state index contributed by atoms with van der Waals surface area (Å²) in [6.45, 7) is 1.64. The molecular formula is C35H49N3O16. The molecule has 4 aliphatic carbocycles. The molecule has 54 heavy (non-hydrogen) atoms. The smallest absolute Gasteiger partial charge is 0.464 e. The third-order valence-electron chi connectivity index (χ3n) is 11.6. The minimum atomic E-state index is -1.92. The van der Waals surface area contributed by atoms with Crippen molar-refractivity contribution >= 4 is 29.6 Å². The topological polar surface area (TPSA) is 270 Å². The molecule has 19 heteroatoms. The first-order valence-electron chi connectivity index (χ1n) is 18.2. The van der Waals surface area contributed by atoms with Crippen LogP contribution in [0.2, 0.25) is 0 Å². The second-order valence-electron chi connectivity index (χ2n) is 14.8. The molecule has 0 aromatic carbocycles. The van der Waals surface area contributed by atoms with E-state index < -0.39 is 75.8 Å². The molecule has 3 fully saturated rings. The molecule has 1 amide bonds. The normalized spacial score (nSPS) is 30.0. The molecule has 0 aromatic rings. The van der Waals surface area contributed by atoms with Crippen LogP contribution in [0.4, 0.5) is 4.79 Å². The summed E-state index contributed by atoms with van der Waals surface area (Å²) in [5.41, 5.74) is -2.50. The summed E-state index contributed by atoms with van der Waals surface area (Å²) in [6, 6.07) is -1.49. The number of nitrogens with one attached hydrogen (secondary N) is 1. The van der Waals surface area contributed by atoms with Gasteiger partial charge in [0.25, 0.3) is 10.2 Å². The van der Waals surface area contributed by atoms with Gasteiger partial charge < -0.3 is 39.4 Å².